The van der Waals surface area contributed by atoms with Gasteiger partial charge in [-0.3, -0.25) is 0 Å². The third-order valence-corrected chi connectivity index (χ3v) is 2.87. The van der Waals surface area contributed by atoms with Crippen LogP contribution in [0.2, 0.25) is 0 Å². The summed E-state index contributed by atoms with van der Waals surface area (Å²) in [5, 5.41) is 4.07. The Morgan fingerprint density at radius 1 is 1.50 bits per heavy atom. The molecule has 94 valence electrons. The van der Waals surface area contributed by atoms with E-state index in [1.54, 1.807) is 7.11 Å². The first kappa shape index (κ1) is 13.7. The van der Waals surface area contributed by atoms with Gasteiger partial charge in [-0.1, -0.05) is 0 Å². The Morgan fingerprint density at radius 2 is 2.06 bits per heavy atom. The molecule has 0 saturated carbocycles. The maximum absolute atomic E-state index is 5.67. The van der Waals surface area contributed by atoms with Gasteiger partial charge < -0.3 is 19.7 Å². The lowest BCUT2D eigenvalue weighted by molar-refractivity contribution is -0.0484. The summed E-state index contributed by atoms with van der Waals surface area (Å²) in [6.07, 6.45) is 0.475. The van der Waals surface area contributed by atoms with E-state index in [4.69, 9.17) is 21.7 Å². The first-order chi connectivity index (χ1) is 7.52. The lowest BCUT2D eigenvalue weighted by Gasteiger charge is -2.37. The average molecular weight is 246 g/mol. The highest BCUT2D eigenvalue weighted by Gasteiger charge is 2.24. The maximum atomic E-state index is 5.67. The van der Waals surface area contributed by atoms with Crippen molar-refractivity contribution in [3.63, 3.8) is 0 Å². The van der Waals surface area contributed by atoms with Crippen molar-refractivity contribution >= 4 is 17.3 Å². The Bertz CT molecular complexity index is 228. The molecule has 3 atom stereocenters. The number of methoxy groups -OCH3 is 1. The standard InChI is InChI=1S/C11H22N2O2S/c1-8(7-14-4)12-11(16)13-5-9(2)15-10(3)6-13/h8-10H,5-7H2,1-4H3,(H,12,16). The molecule has 3 unspecified atom stereocenters. The molecule has 1 saturated heterocycles. The summed E-state index contributed by atoms with van der Waals surface area (Å²) < 4.78 is 10.7. The van der Waals surface area contributed by atoms with E-state index in [1.165, 1.54) is 0 Å². The topological polar surface area (TPSA) is 33.7 Å². The van der Waals surface area contributed by atoms with E-state index in [0.29, 0.717) is 6.61 Å². The molecular weight excluding hydrogens is 224 g/mol. The predicted octanol–water partition coefficient (Wildman–Crippen LogP) is 1.01. The molecule has 0 aliphatic carbocycles. The van der Waals surface area contributed by atoms with Crippen LogP contribution in [0.1, 0.15) is 20.8 Å². The van der Waals surface area contributed by atoms with Crippen LogP contribution in [-0.2, 0) is 9.47 Å². The molecule has 0 radical (unpaired) electrons. The SMILES string of the molecule is COCC(C)NC(=S)N1CC(C)OC(C)C1. The summed E-state index contributed by atoms with van der Waals surface area (Å²) in [7, 11) is 1.69. The number of ether oxygens (including phenoxy) is 2. The second-order valence-corrected chi connectivity index (χ2v) is 4.85. The Hall–Kier alpha value is -0.390. The monoisotopic (exact) mass is 246 g/mol. The fourth-order valence-electron chi connectivity index (χ4n) is 1.94. The van der Waals surface area contributed by atoms with Gasteiger partial charge in [0.25, 0.3) is 0 Å². The van der Waals surface area contributed by atoms with Crippen molar-refractivity contribution in [1.82, 2.24) is 10.2 Å². The van der Waals surface area contributed by atoms with Crippen LogP contribution in [0.25, 0.3) is 0 Å². The third kappa shape index (κ3) is 4.23. The molecule has 0 aromatic carbocycles. The number of morpholine rings is 1. The van der Waals surface area contributed by atoms with Crippen molar-refractivity contribution in [3.8, 4) is 0 Å². The molecular formula is C11H22N2O2S. The molecule has 1 N–H and O–H groups in total. The number of thiocarbonyl (C=S) groups is 1. The summed E-state index contributed by atoms with van der Waals surface area (Å²) in [6.45, 7) is 8.58. The Morgan fingerprint density at radius 3 is 2.56 bits per heavy atom. The van der Waals surface area contributed by atoms with Gasteiger partial charge in [-0.25, -0.2) is 0 Å². The average Bonchev–Trinajstić information content (AvgIpc) is 2.16. The molecule has 1 rings (SSSR count). The second-order valence-electron chi connectivity index (χ2n) is 4.47. The lowest BCUT2D eigenvalue weighted by atomic mass is 10.2. The van der Waals surface area contributed by atoms with E-state index in [1.807, 2.05) is 0 Å². The molecule has 4 nitrogen and oxygen atoms in total. The smallest absolute Gasteiger partial charge is 0.169 e. The molecule has 0 aromatic heterocycles. The van der Waals surface area contributed by atoms with Gasteiger partial charge in [-0.05, 0) is 33.0 Å². The van der Waals surface area contributed by atoms with Crippen molar-refractivity contribution in [2.75, 3.05) is 26.8 Å². The molecule has 0 spiro atoms. The molecule has 0 bridgehead atoms. The van der Waals surface area contributed by atoms with Crippen molar-refractivity contribution in [2.24, 2.45) is 0 Å². The van der Waals surface area contributed by atoms with Crippen LogP contribution in [-0.4, -0.2) is 55.1 Å². The summed E-state index contributed by atoms with van der Waals surface area (Å²) >= 11 is 5.37. The van der Waals surface area contributed by atoms with E-state index in [9.17, 15) is 0 Å². The van der Waals surface area contributed by atoms with Crippen molar-refractivity contribution in [1.29, 1.82) is 0 Å². The number of hydrogen-bond donors (Lipinski definition) is 1. The van der Waals surface area contributed by atoms with E-state index >= 15 is 0 Å². The highest BCUT2D eigenvalue weighted by molar-refractivity contribution is 7.80. The number of rotatable bonds is 3. The van der Waals surface area contributed by atoms with Gasteiger partial charge in [0, 0.05) is 26.2 Å². The first-order valence-corrected chi connectivity index (χ1v) is 6.13. The number of nitrogens with zero attached hydrogens (tertiary/aromatic N) is 1. The normalized spacial score (nSPS) is 27.6. The van der Waals surface area contributed by atoms with Gasteiger partial charge in [0.15, 0.2) is 5.11 Å². The summed E-state index contributed by atoms with van der Waals surface area (Å²) in [6, 6.07) is 0.242. The van der Waals surface area contributed by atoms with Crippen LogP contribution in [0.15, 0.2) is 0 Å². The molecule has 0 amide bonds. The van der Waals surface area contributed by atoms with E-state index in [2.05, 4.69) is 31.0 Å². The number of hydrogen-bond acceptors (Lipinski definition) is 3. The zero-order valence-electron chi connectivity index (χ0n) is 10.5. The van der Waals surface area contributed by atoms with Crippen LogP contribution in [0.4, 0.5) is 0 Å². The van der Waals surface area contributed by atoms with Crippen molar-refractivity contribution < 1.29 is 9.47 Å². The minimum Gasteiger partial charge on any atom is -0.383 e. The molecule has 0 aromatic rings. The lowest BCUT2D eigenvalue weighted by Crippen LogP contribution is -2.53. The maximum Gasteiger partial charge on any atom is 0.169 e. The third-order valence-electron chi connectivity index (χ3n) is 2.49. The highest BCUT2D eigenvalue weighted by atomic mass is 32.1. The highest BCUT2D eigenvalue weighted by Crippen LogP contribution is 2.10. The van der Waals surface area contributed by atoms with Gasteiger partial charge in [0.05, 0.1) is 18.8 Å². The first-order valence-electron chi connectivity index (χ1n) is 5.72. The van der Waals surface area contributed by atoms with Gasteiger partial charge in [0.2, 0.25) is 0 Å². The second kappa shape index (κ2) is 6.37. The van der Waals surface area contributed by atoms with Gasteiger partial charge >= 0.3 is 0 Å². The molecule has 16 heavy (non-hydrogen) atoms. The van der Waals surface area contributed by atoms with E-state index < -0.39 is 0 Å². The van der Waals surface area contributed by atoms with Crippen LogP contribution in [0, 0.1) is 0 Å². The van der Waals surface area contributed by atoms with Crippen LogP contribution in [0.3, 0.4) is 0 Å². The van der Waals surface area contributed by atoms with Crippen molar-refractivity contribution in [3.05, 3.63) is 0 Å². The Labute approximate surface area is 103 Å². The van der Waals surface area contributed by atoms with Crippen molar-refractivity contribution in [2.45, 2.75) is 39.0 Å². The molecule has 1 aliphatic rings. The number of nitrogens with one attached hydrogen (secondary N) is 1. The fourth-order valence-corrected chi connectivity index (χ4v) is 2.29. The molecule has 1 aliphatic heterocycles. The van der Waals surface area contributed by atoms with Crippen LogP contribution in [0.5, 0.6) is 0 Å². The minimum atomic E-state index is 0.237. The predicted molar refractivity (Wildman–Crippen MR) is 68.7 cm³/mol. The van der Waals surface area contributed by atoms with E-state index in [-0.39, 0.29) is 18.2 Å². The van der Waals surface area contributed by atoms with Gasteiger partial charge in [-0.15, -0.1) is 0 Å². The quantitative estimate of drug-likeness (QED) is 0.752. The Balaban J connectivity index is 2.40. The van der Waals surface area contributed by atoms with Crippen LogP contribution < -0.4 is 5.32 Å². The largest absolute Gasteiger partial charge is 0.383 e. The summed E-state index contributed by atoms with van der Waals surface area (Å²) in [4.78, 5) is 2.17. The zero-order chi connectivity index (χ0) is 12.1. The summed E-state index contributed by atoms with van der Waals surface area (Å²) in [5.41, 5.74) is 0. The molecule has 5 heteroatoms. The molecule has 1 heterocycles. The molecule has 1 fully saturated rings. The summed E-state index contributed by atoms with van der Waals surface area (Å²) in [5.74, 6) is 0. The van der Waals surface area contributed by atoms with Gasteiger partial charge in [-0.2, -0.15) is 0 Å². The Kier molecular flexibility index (Phi) is 5.44. The van der Waals surface area contributed by atoms with Gasteiger partial charge in [0.1, 0.15) is 0 Å². The minimum absolute atomic E-state index is 0.237. The fraction of sp³-hybridized carbons (Fsp3) is 0.909. The van der Waals surface area contributed by atoms with E-state index in [0.717, 1.165) is 18.2 Å². The van der Waals surface area contributed by atoms with Crippen LogP contribution >= 0.6 is 12.2 Å². The zero-order valence-corrected chi connectivity index (χ0v) is 11.3.